The summed E-state index contributed by atoms with van der Waals surface area (Å²) in [6, 6.07) is 10.7. The number of anilines is 1. The number of hydrogen-bond donors (Lipinski definition) is 1. The lowest BCUT2D eigenvalue weighted by Gasteiger charge is -2.33. The second kappa shape index (κ2) is 5.26. The summed E-state index contributed by atoms with van der Waals surface area (Å²) in [5.41, 5.74) is 7.32. The molecule has 1 atom stereocenters. The smallest absolute Gasteiger partial charge is 0.261 e. The van der Waals surface area contributed by atoms with E-state index in [2.05, 4.69) is 0 Å². The Labute approximate surface area is 121 Å². The Morgan fingerprint density at radius 3 is 2.71 bits per heavy atom. The molecule has 5 heteroatoms. The van der Waals surface area contributed by atoms with Crippen LogP contribution in [0, 0.1) is 11.6 Å². The number of halogens is 2. The normalized spacial score (nSPS) is 17.5. The van der Waals surface area contributed by atoms with Crippen molar-refractivity contribution in [3.63, 3.8) is 0 Å². The van der Waals surface area contributed by atoms with Crippen molar-refractivity contribution < 1.29 is 13.6 Å². The molecule has 0 saturated carbocycles. The molecule has 1 heterocycles. The van der Waals surface area contributed by atoms with Gasteiger partial charge in [0.1, 0.15) is 0 Å². The number of hydrogen-bond acceptors (Lipinski definition) is 2. The molecule has 1 aliphatic heterocycles. The maximum Gasteiger partial charge on any atom is 0.261 e. The number of para-hydroxylation sites is 1. The maximum absolute atomic E-state index is 13.8. The highest BCUT2D eigenvalue weighted by Crippen LogP contribution is 2.28. The van der Waals surface area contributed by atoms with E-state index in [1.54, 1.807) is 12.1 Å². The highest BCUT2D eigenvalue weighted by molar-refractivity contribution is 6.07. The lowest BCUT2D eigenvalue weighted by atomic mass is 9.97. The van der Waals surface area contributed by atoms with E-state index in [-0.39, 0.29) is 18.2 Å². The lowest BCUT2D eigenvalue weighted by molar-refractivity contribution is 0.0978. The number of fused-ring (bicyclic) bond motifs is 1. The van der Waals surface area contributed by atoms with E-state index >= 15 is 0 Å². The number of rotatable bonds is 1. The molecule has 0 aromatic heterocycles. The number of carbonyl (C=O) groups is 1. The van der Waals surface area contributed by atoms with Crippen molar-refractivity contribution in [3.8, 4) is 0 Å². The number of benzene rings is 2. The molecule has 21 heavy (non-hydrogen) atoms. The van der Waals surface area contributed by atoms with Crippen molar-refractivity contribution in [3.05, 3.63) is 65.2 Å². The Hall–Kier alpha value is -2.27. The fraction of sp³-hybridized carbons (Fsp3) is 0.188. The third-order valence-corrected chi connectivity index (χ3v) is 3.61. The molecular weight excluding hydrogens is 274 g/mol. The molecule has 108 valence electrons. The number of amides is 1. The molecule has 3 nitrogen and oxygen atoms in total. The summed E-state index contributed by atoms with van der Waals surface area (Å²) >= 11 is 0. The zero-order chi connectivity index (χ0) is 15.0. The van der Waals surface area contributed by atoms with Gasteiger partial charge in [0.05, 0.1) is 5.56 Å². The highest BCUT2D eigenvalue weighted by atomic mass is 19.2. The monoisotopic (exact) mass is 288 g/mol. The topological polar surface area (TPSA) is 46.3 Å². The van der Waals surface area contributed by atoms with Crippen LogP contribution in [0.3, 0.4) is 0 Å². The summed E-state index contributed by atoms with van der Waals surface area (Å²) in [5, 5.41) is 0. The number of nitrogens with zero attached hydrogens (tertiary/aromatic N) is 1. The van der Waals surface area contributed by atoms with Crippen LogP contribution in [0.4, 0.5) is 14.5 Å². The Bertz CT molecular complexity index is 702. The van der Waals surface area contributed by atoms with Crippen LogP contribution in [-0.4, -0.2) is 18.5 Å². The van der Waals surface area contributed by atoms with Crippen LogP contribution in [0.15, 0.2) is 42.5 Å². The van der Waals surface area contributed by atoms with Crippen LogP contribution < -0.4 is 10.6 Å². The quantitative estimate of drug-likeness (QED) is 0.876. The molecule has 0 spiro atoms. The average molecular weight is 288 g/mol. The van der Waals surface area contributed by atoms with Gasteiger partial charge in [-0.1, -0.05) is 24.3 Å². The third-order valence-electron chi connectivity index (χ3n) is 3.61. The lowest BCUT2D eigenvalue weighted by Crippen LogP contribution is -2.46. The van der Waals surface area contributed by atoms with Gasteiger partial charge in [0.2, 0.25) is 0 Å². The first-order valence-electron chi connectivity index (χ1n) is 6.67. The zero-order valence-electron chi connectivity index (χ0n) is 11.2. The van der Waals surface area contributed by atoms with E-state index in [0.717, 1.165) is 11.6 Å². The van der Waals surface area contributed by atoms with Crippen LogP contribution in [0.2, 0.25) is 0 Å². The molecule has 3 rings (SSSR count). The van der Waals surface area contributed by atoms with Crippen molar-refractivity contribution in [2.24, 2.45) is 5.73 Å². The Balaban J connectivity index is 2.04. The largest absolute Gasteiger partial charge is 0.326 e. The van der Waals surface area contributed by atoms with Gasteiger partial charge in [-0.05, 0) is 30.2 Å². The van der Waals surface area contributed by atoms with Gasteiger partial charge in [-0.3, -0.25) is 4.79 Å². The van der Waals surface area contributed by atoms with E-state index in [4.69, 9.17) is 5.73 Å². The fourth-order valence-corrected chi connectivity index (χ4v) is 2.63. The van der Waals surface area contributed by atoms with Gasteiger partial charge in [0, 0.05) is 18.3 Å². The maximum atomic E-state index is 13.8. The second-order valence-electron chi connectivity index (χ2n) is 5.11. The molecule has 2 aromatic carbocycles. The van der Waals surface area contributed by atoms with Crippen molar-refractivity contribution in [1.29, 1.82) is 0 Å². The van der Waals surface area contributed by atoms with Crippen molar-refractivity contribution >= 4 is 11.6 Å². The molecule has 0 bridgehead atoms. The van der Waals surface area contributed by atoms with Gasteiger partial charge < -0.3 is 10.6 Å². The van der Waals surface area contributed by atoms with Gasteiger partial charge in [-0.15, -0.1) is 0 Å². The van der Waals surface area contributed by atoms with E-state index in [1.807, 2.05) is 12.1 Å². The van der Waals surface area contributed by atoms with Gasteiger partial charge in [0.15, 0.2) is 11.6 Å². The van der Waals surface area contributed by atoms with Crippen LogP contribution >= 0.6 is 0 Å². The Kier molecular flexibility index (Phi) is 3.43. The predicted octanol–water partition coefficient (Wildman–Crippen LogP) is 2.50. The Morgan fingerprint density at radius 1 is 1.14 bits per heavy atom. The fourth-order valence-electron chi connectivity index (χ4n) is 2.63. The van der Waals surface area contributed by atoms with Gasteiger partial charge in [-0.25, -0.2) is 8.78 Å². The molecule has 0 aliphatic carbocycles. The van der Waals surface area contributed by atoms with Gasteiger partial charge >= 0.3 is 0 Å². The van der Waals surface area contributed by atoms with Gasteiger partial charge in [0.25, 0.3) is 5.91 Å². The third kappa shape index (κ3) is 2.40. The molecule has 0 radical (unpaired) electrons. The SMILES string of the molecule is NC1Cc2ccccc2N(C(=O)c2cccc(F)c2F)C1. The van der Waals surface area contributed by atoms with Crippen molar-refractivity contribution in [2.75, 3.05) is 11.4 Å². The van der Waals surface area contributed by atoms with Gasteiger partial charge in [-0.2, -0.15) is 0 Å². The van der Waals surface area contributed by atoms with E-state index in [1.165, 1.54) is 17.0 Å². The summed E-state index contributed by atoms with van der Waals surface area (Å²) in [4.78, 5) is 14.0. The van der Waals surface area contributed by atoms with E-state index < -0.39 is 17.5 Å². The van der Waals surface area contributed by atoms with Crippen LogP contribution in [0.25, 0.3) is 0 Å². The average Bonchev–Trinajstić information content (AvgIpc) is 2.48. The molecule has 2 N–H and O–H groups in total. The highest BCUT2D eigenvalue weighted by Gasteiger charge is 2.29. The molecule has 1 aliphatic rings. The second-order valence-corrected chi connectivity index (χ2v) is 5.11. The van der Waals surface area contributed by atoms with Crippen molar-refractivity contribution in [1.82, 2.24) is 0 Å². The van der Waals surface area contributed by atoms with Crippen LogP contribution in [0.5, 0.6) is 0 Å². The molecule has 1 unspecified atom stereocenters. The number of nitrogens with two attached hydrogens (primary N) is 1. The predicted molar refractivity (Wildman–Crippen MR) is 76.2 cm³/mol. The minimum absolute atomic E-state index is 0.222. The Morgan fingerprint density at radius 2 is 1.90 bits per heavy atom. The minimum Gasteiger partial charge on any atom is -0.326 e. The standard InChI is InChI=1S/C16H14F2N2O/c17-13-6-3-5-12(15(13)18)16(21)20-9-11(19)8-10-4-1-2-7-14(10)20/h1-7,11H,8-9,19H2. The first-order chi connectivity index (χ1) is 10.1. The molecular formula is C16H14F2N2O. The molecule has 0 fully saturated rings. The first-order valence-corrected chi connectivity index (χ1v) is 6.67. The van der Waals surface area contributed by atoms with Crippen LogP contribution in [-0.2, 0) is 6.42 Å². The molecule has 2 aromatic rings. The summed E-state index contributed by atoms with van der Waals surface area (Å²) in [6.45, 7) is 0.284. The summed E-state index contributed by atoms with van der Waals surface area (Å²) < 4.78 is 27.1. The summed E-state index contributed by atoms with van der Waals surface area (Å²) in [6.07, 6.45) is 0.658. The van der Waals surface area contributed by atoms with E-state index in [9.17, 15) is 13.6 Å². The summed E-state index contributed by atoms with van der Waals surface area (Å²) in [7, 11) is 0. The minimum atomic E-state index is -1.13. The number of carbonyl (C=O) groups excluding carboxylic acids is 1. The summed E-state index contributed by atoms with van der Waals surface area (Å²) in [5.74, 6) is -2.73. The zero-order valence-corrected chi connectivity index (χ0v) is 11.2. The molecule has 1 amide bonds. The van der Waals surface area contributed by atoms with E-state index in [0.29, 0.717) is 12.1 Å². The first kappa shape index (κ1) is 13.7. The van der Waals surface area contributed by atoms with Crippen molar-refractivity contribution in [2.45, 2.75) is 12.5 Å². The van der Waals surface area contributed by atoms with Crippen LogP contribution in [0.1, 0.15) is 15.9 Å². The molecule has 0 saturated heterocycles.